The van der Waals surface area contributed by atoms with Crippen molar-refractivity contribution in [1.29, 1.82) is 0 Å². The molecule has 2 aliphatic heterocycles. The second kappa shape index (κ2) is 7.16. The highest BCUT2D eigenvalue weighted by atomic mass is 19.1. The van der Waals surface area contributed by atoms with Crippen LogP contribution in [0.25, 0.3) is 11.1 Å². The molecule has 2 amide bonds. The maximum atomic E-state index is 14.7. The zero-order valence-corrected chi connectivity index (χ0v) is 14.8. The van der Waals surface area contributed by atoms with Gasteiger partial charge in [0.25, 0.3) is 0 Å². The summed E-state index contributed by atoms with van der Waals surface area (Å²) in [5, 5.41) is 9.08. The smallest absolute Gasteiger partial charge is 0.414 e. The summed E-state index contributed by atoms with van der Waals surface area (Å²) in [7, 11) is 0. The van der Waals surface area contributed by atoms with Gasteiger partial charge in [0, 0.05) is 24.7 Å². The van der Waals surface area contributed by atoms with Gasteiger partial charge in [-0.05, 0) is 30.7 Å². The molecule has 0 spiro atoms. The van der Waals surface area contributed by atoms with Crippen molar-refractivity contribution in [3.8, 4) is 11.1 Å². The molecule has 2 saturated heterocycles. The van der Waals surface area contributed by atoms with E-state index in [-0.39, 0.29) is 35.9 Å². The number of cyclic esters (lactones) is 1. The van der Waals surface area contributed by atoms with Gasteiger partial charge < -0.3 is 9.84 Å². The first-order chi connectivity index (χ1) is 13.5. The molecule has 3 heterocycles. The van der Waals surface area contributed by atoms with Crippen molar-refractivity contribution in [2.75, 3.05) is 29.5 Å². The van der Waals surface area contributed by atoms with Crippen LogP contribution in [0.3, 0.4) is 0 Å². The van der Waals surface area contributed by atoms with Crippen molar-refractivity contribution in [1.82, 2.24) is 4.98 Å². The van der Waals surface area contributed by atoms with Crippen LogP contribution in [0, 0.1) is 11.6 Å². The normalized spacial score (nSPS) is 19.5. The summed E-state index contributed by atoms with van der Waals surface area (Å²) >= 11 is 0. The zero-order chi connectivity index (χ0) is 19.8. The largest absolute Gasteiger partial charge is 0.441 e. The summed E-state index contributed by atoms with van der Waals surface area (Å²) in [6.45, 7) is 0.208. The molecule has 0 unspecified atom stereocenters. The molecule has 4 rings (SSSR count). The Kier molecular flexibility index (Phi) is 4.68. The van der Waals surface area contributed by atoms with Gasteiger partial charge in [-0.3, -0.25) is 14.6 Å². The van der Waals surface area contributed by atoms with Gasteiger partial charge in [-0.2, -0.15) is 0 Å². The predicted octanol–water partition coefficient (Wildman–Crippen LogP) is 2.47. The summed E-state index contributed by atoms with van der Waals surface area (Å²) < 4.78 is 34.2. The number of aliphatic hydroxyl groups is 1. The number of carbonyl (C=O) groups excluding carboxylic acids is 2. The Bertz CT molecular complexity index is 912. The Balaban J connectivity index is 1.62. The van der Waals surface area contributed by atoms with Crippen molar-refractivity contribution in [2.45, 2.75) is 18.9 Å². The van der Waals surface area contributed by atoms with Crippen LogP contribution in [0.2, 0.25) is 0 Å². The van der Waals surface area contributed by atoms with E-state index in [1.807, 2.05) is 0 Å². The second-order valence-corrected chi connectivity index (χ2v) is 6.64. The third-order valence-electron chi connectivity index (χ3n) is 4.80. The summed E-state index contributed by atoms with van der Waals surface area (Å²) in [6.07, 6.45) is 1.02. The van der Waals surface area contributed by atoms with Crippen molar-refractivity contribution in [2.24, 2.45) is 0 Å². The van der Waals surface area contributed by atoms with E-state index >= 15 is 0 Å². The van der Waals surface area contributed by atoms with Crippen molar-refractivity contribution < 1.29 is 28.2 Å². The van der Waals surface area contributed by atoms with Gasteiger partial charge in [0.15, 0.2) is 0 Å². The Hall–Kier alpha value is -3.07. The van der Waals surface area contributed by atoms with E-state index in [4.69, 9.17) is 9.84 Å². The number of aromatic nitrogens is 1. The number of rotatable bonds is 4. The van der Waals surface area contributed by atoms with Crippen LogP contribution < -0.4 is 9.80 Å². The summed E-state index contributed by atoms with van der Waals surface area (Å²) in [5.74, 6) is -1.30. The minimum atomic E-state index is -0.859. The van der Waals surface area contributed by atoms with Crippen LogP contribution in [0.5, 0.6) is 0 Å². The van der Waals surface area contributed by atoms with E-state index in [2.05, 4.69) is 4.98 Å². The highest BCUT2D eigenvalue weighted by molar-refractivity contribution is 5.94. The maximum Gasteiger partial charge on any atom is 0.414 e. The monoisotopic (exact) mass is 389 g/mol. The van der Waals surface area contributed by atoms with Crippen molar-refractivity contribution >= 4 is 23.5 Å². The number of anilines is 2. The minimum absolute atomic E-state index is 0.00643. The molecule has 2 aromatic rings. The molecule has 0 saturated carbocycles. The summed E-state index contributed by atoms with van der Waals surface area (Å²) in [5.41, 5.74) is -0.0528. The van der Waals surface area contributed by atoms with Gasteiger partial charge in [0.05, 0.1) is 24.4 Å². The molecule has 1 N–H and O–H groups in total. The van der Waals surface area contributed by atoms with Crippen LogP contribution in [-0.4, -0.2) is 47.9 Å². The average molecular weight is 389 g/mol. The molecular weight excluding hydrogens is 372 g/mol. The number of hydrogen-bond acceptors (Lipinski definition) is 5. The molecule has 2 fully saturated rings. The van der Waals surface area contributed by atoms with Crippen molar-refractivity contribution in [3.05, 3.63) is 42.1 Å². The molecule has 0 aliphatic carbocycles. The molecular formula is C19H17F2N3O4. The molecule has 1 atom stereocenters. The van der Waals surface area contributed by atoms with E-state index in [1.54, 1.807) is 6.07 Å². The number of pyridine rings is 1. The number of nitrogens with zero attached hydrogens (tertiary/aromatic N) is 3. The predicted molar refractivity (Wildman–Crippen MR) is 95.9 cm³/mol. The third-order valence-corrected chi connectivity index (χ3v) is 4.80. The highest BCUT2D eigenvalue weighted by Crippen LogP contribution is 2.32. The number of carbonyl (C=O) groups is 2. The standard InChI is InChI=1S/C19H17F2N3O4/c20-14-6-12(24-9-13(10-25)28-19(24)27)7-15(21)18(14)11-3-4-16(22-8-11)23-5-1-2-17(23)26/h3-4,6-8,13,25H,1-2,5,9-10H2/t13-/m1/s1. The van der Waals surface area contributed by atoms with E-state index in [0.717, 1.165) is 23.5 Å². The fraction of sp³-hybridized carbons (Fsp3) is 0.316. The lowest BCUT2D eigenvalue weighted by Crippen LogP contribution is -2.25. The molecule has 2 aliphatic rings. The number of amides is 2. The lowest BCUT2D eigenvalue weighted by molar-refractivity contribution is -0.117. The molecule has 1 aromatic carbocycles. The third kappa shape index (κ3) is 3.18. The van der Waals surface area contributed by atoms with Gasteiger partial charge in [-0.15, -0.1) is 0 Å². The first-order valence-corrected chi connectivity index (χ1v) is 8.83. The van der Waals surface area contributed by atoms with Gasteiger partial charge in [0.1, 0.15) is 23.6 Å². The van der Waals surface area contributed by atoms with Gasteiger partial charge in [-0.25, -0.2) is 18.6 Å². The Morgan fingerprint density at radius 2 is 1.93 bits per heavy atom. The number of halogens is 2. The fourth-order valence-electron chi connectivity index (χ4n) is 3.40. The van der Waals surface area contributed by atoms with Crippen LogP contribution in [-0.2, 0) is 9.53 Å². The zero-order valence-electron chi connectivity index (χ0n) is 14.8. The van der Waals surface area contributed by atoms with Crippen molar-refractivity contribution in [3.63, 3.8) is 0 Å². The maximum absolute atomic E-state index is 14.7. The first kappa shape index (κ1) is 18.3. The minimum Gasteiger partial charge on any atom is -0.441 e. The number of benzene rings is 1. The second-order valence-electron chi connectivity index (χ2n) is 6.64. The summed E-state index contributed by atoms with van der Waals surface area (Å²) in [6, 6.07) is 5.13. The molecule has 0 radical (unpaired) electrons. The first-order valence-electron chi connectivity index (χ1n) is 8.83. The summed E-state index contributed by atoms with van der Waals surface area (Å²) in [4.78, 5) is 30.4. The lowest BCUT2D eigenvalue weighted by Gasteiger charge is -2.16. The lowest BCUT2D eigenvalue weighted by atomic mass is 10.1. The molecule has 9 heteroatoms. The Labute approximate surface area is 159 Å². The van der Waals surface area contributed by atoms with Crippen LogP contribution in [0.1, 0.15) is 12.8 Å². The van der Waals surface area contributed by atoms with E-state index in [0.29, 0.717) is 18.8 Å². The van der Waals surface area contributed by atoms with E-state index in [9.17, 15) is 18.4 Å². The Morgan fingerprint density at radius 3 is 2.46 bits per heavy atom. The quantitative estimate of drug-likeness (QED) is 0.869. The van der Waals surface area contributed by atoms with Crippen LogP contribution in [0.15, 0.2) is 30.5 Å². The van der Waals surface area contributed by atoms with Gasteiger partial charge >= 0.3 is 6.09 Å². The van der Waals surface area contributed by atoms with E-state index < -0.39 is 23.8 Å². The molecule has 1 aromatic heterocycles. The van der Waals surface area contributed by atoms with Gasteiger partial charge in [-0.1, -0.05) is 0 Å². The SMILES string of the molecule is O=C1O[C@@H](CO)CN1c1cc(F)c(-c2ccc(N3CCCC3=O)nc2)c(F)c1. The number of aliphatic hydroxyl groups excluding tert-OH is 1. The highest BCUT2D eigenvalue weighted by Gasteiger charge is 2.33. The van der Waals surface area contributed by atoms with Gasteiger partial charge in [0.2, 0.25) is 5.91 Å². The fourth-order valence-corrected chi connectivity index (χ4v) is 3.40. The average Bonchev–Trinajstić information content (AvgIpc) is 3.27. The van der Waals surface area contributed by atoms with Crippen LogP contribution >= 0.6 is 0 Å². The molecule has 28 heavy (non-hydrogen) atoms. The number of ether oxygens (including phenoxy) is 1. The van der Waals surface area contributed by atoms with E-state index in [1.165, 1.54) is 17.2 Å². The number of hydrogen-bond donors (Lipinski definition) is 1. The topological polar surface area (TPSA) is 83.0 Å². The molecule has 7 nitrogen and oxygen atoms in total. The Morgan fingerprint density at radius 1 is 1.18 bits per heavy atom. The molecule has 146 valence electrons. The van der Waals surface area contributed by atoms with Crippen LogP contribution in [0.4, 0.5) is 25.1 Å². The molecule has 0 bridgehead atoms.